The van der Waals surface area contributed by atoms with Gasteiger partial charge < -0.3 is 9.64 Å². The minimum absolute atomic E-state index is 0.00386. The average molecular weight is 450 g/mol. The summed E-state index contributed by atoms with van der Waals surface area (Å²) in [7, 11) is -3.53. The summed E-state index contributed by atoms with van der Waals surface area (Å²) >= 11 is 0. The van der Waals surface area contributed by atoms with Crippen LogP contribution in [0.4, 0.5) is 0 Å². The summed E-state index contributed by atoms with van der Waals surface area (Å²) in [5, 5.41) is 0. The molecule has 1 amide bonds. The molecule has 5 fully saturated rings. The molecule has 1 aromatic carbocycles. The molecule has 8 heteroatoms. The van der Waals surface area contributed by atoms with Gasteiger partial charge in [0.1, 0.15) is 0 Å². The SMILES string of the molecule is C[C@@H]1CC[C@H]2[C@@H](C)C(=O)N(CCS(=O)(=O)c3ccccc3)[C@@H]3O[C@]4(C)CC[C@@H]1[C@@]23OO4. The standard InChI is InChI=1S/C23H31NO6S/c1-15-9-10-19-16(2)20(25)24(13-14-31(26,27)17-7-5-4-6-8-17)21-23(19)18(15)11-12-22(3,28-21)29-30-23/h4-8,15-16,18-19,21H,9-14H2,1-3H3/t15-,16-,18+,19+,21-,22+,23-/m1/s1. The zero-order chi connectivity index (χ0) is 22.0. The van der Waals surface area contributed by atoms with Gasteiger partial charge in [0, 0.05) is 24.8 Å². The molecule has 4 saturated heterocycles. The van der Waals surface area contributed by atoms with Gasteiger partial charge in [0.2, 0.25) is 11.7 Å². The van der Waals surface area contributed by atoms with Gasteiger partial charge in [-0.05, 0) is 50.2 Å². The summed E-state index contributed by atoms with van der Waals surface area (Å²) in [6.07, 6.45) is 2.87. The molecule has 0 radical (unpaired) electrons. The summed E-state index contributed by atoms with van der Waals surface area (Å²) < 4.78 is 32.3. The van der Waals surface area contributed by atoms with Crippen LogP contribution in [0.2, 0.25) is 0 Å². The number of carbonyl (C=O) groups excluding carboxylic acids is 1. The Hall–Kier alpha value is -1.48. The summed E-state index contributed by atoms with van der Waals surface area (Å²) in [5.41, 5.74) is -0.752. The lowest BCUT2D eigenvalue weighted by molar-refractivity contribution is -0.547. The Morgan fingerprint density at radius 3 is 2.55 bits per heavy atom. The molecule has 4 heterocycles. The van der Waals surface area contributed by atoms with E-state index in [1.54, 1.807) is 35.2 Å². The molecule has 2 bridgehead atoms. The van der Waals surface area contributed by atoms with E-state index in [-0.39, 0.29) is 40.9 Å². The molecule has 31 heavy (non-hydrogen) atoms. The Morgan fingerprint density at radius 2 is 1.81 bits per heavy atom. The molecule has 0 N–H and O–H groups in total. The van der Waals surface area contributed by atoms with Crippen LogP contribution in [0.1, 0.15) is 46.5 Å². The molecular formula is C23H31NO6S. The molecule has 6 rings (SSSR count). The normalized spacial score (nSPS) is 42.2. The fourth-order valence-corrected chi connectivity index (χ4v) is 7.59. The van der Waals surface area contributed by atoms with Crippen LogP contribution in [-0.2, 0) is 29.1 Å². The van der Waals surface area contributed by atoms with Crippen LogP contribution in [0.3, 0.4) is 0 Å². The molecule has 0 aromatic heterocycles. The lowest BCUT2D eigenvalue weighted by atomic mass is 9.57. The molecule has 7 atom stereocenters. The number of fused-ring (bicyclic) bond motifs is 2. The monoisotopic (exact) mass is 449 g/mol. The highest BCUT2D eigenvalue weighted by atomic mass is 32.2. The number of likely N-dealkylation sites (tertiary alicyclic amines) is 1. The van der Waals surface area contributed by atoms with Gasteiger partial charge in [-0.15, -0.1) is 0 Å². The van der Waals surface area contributed by atoms with Crippen LogP contribution in [0.25, 0.3) is 0 Å². The smallest absolute Gasteiger partial charge is 0.227 e. The lowest BCUT2D eigenvalue weighted by Crippen LogP contribution is -2.75. The number of carbonyl (C=O) groups is 1. The number of hydrogen-bond donors (Lipinski definition) is 0. The van der Waals surface area contributed by atoms with Crippen molar-refractivity contribution in [2.75, 3.05) is 12.3 Å². The number of ether oxygens (including phenoxy) is 1. The number of sulfone groups is 1. The van der Waals surface area contributed by atoms with Crippen LogP contribution >= 0.6 is 0 Å². The van der Waals surface area contributed by atoms with Crippen LogP contribution in [0.15, 0.2) is 35.2 Å². The zero-order valence-corrected chi connectivity index (χ0v) is 19.1. The van der Waals surface area contributed by atoms with Crippen molar-refractivity contribution in [1.82, 2.24) is 4.90 Å². The molecule has 170 valence electrons. The van der Waals surface area contributed by atoms with Crippen molar-refractivity contribution in [2.24, 2.45) is 23.7 Å². The van der Waals surface area contributed by atoms with Crippen molar-refractivity contribution in [2.45, 2.75) is 69.0 Å². The van der Waals surface area contributed by atoms with Crippen molar-refractivity contribution < 1.29 is 27.7 Å². The number of hydrogen-bond acceptors (Lipinski definition) is 6. The fraction of sp³-hybridized carbons (Fsp3) is 0.696. The first-order valence-electron chi connectivity index (χ1n) is 11.3. The molecule has 0 unspecified atom stereocenters. The van der Waals surface area contributed by atoms with Gasteiger partial charge >= 0.3 is 0 Å². The number of rotatable bonds is 4. The molecule has 1 aromatic rings. The van der Waals surface area contributed by atoms with Crippen LogP contribution in [0.5, 0.6) is 0 Å². The van der Waals surface area contributed by atoms with Gasteiger partial charge in [-0.25, -0.2) is 18.2 Å². The Bertz CT molecular complexity index is 968. The summed E-state index contributed by atoms with van der Waals surface area (Å²) in [5.74, 6) is -0.817. The lowest BCUT2D eigenvalue weighted by Gasteiger charge is -2.61. The molecular weight excluding hydrogens is 418 g/mol. The molecule has 4 aliphatic heterocycles. The predicted octanol–water partition coefficient (Wildman–Crippen LogP) is 3.15. The van der Waals surface area contributed by atoms with Gasteiger partial charge in [-0.1, -0.05) is 32.0 Å². The maximum absolute atomic E-state index is 13.5. The maximum Gasteiger partial charge on any atom is 0.227 e. The van der Waals surface area contributed by atoms with E-state index in [9.17, 15) is 13.2 Å². The Labute approximate surface area is 183 Å². The fourth-order valence-electron chi connectivity index (χ4n) is 6.35. The van der Waals surface area contributed by atoms with E-state index in [1.807, 2.05) is 13.8 Å². The van der Waals surface area contributed by atoms with Crippen LogP contribution in [0, 0.1) is 23.7 Å². The summed E-state index contributed by atoms with van der Waals surface area (Å²) in [4.78, 5) is 27.4. The van der Waals surface area contributed by atoms with Crippen LogP contribution < -0.4 is 0 Å². The highest BCUT2D eigenvalue weighted by molar-refractivity contribution is 7.91. The third-order valence-electron chi connectivity index (χ3n) is 8.06. The minimum atomic E-state index is -3.53. The molecule has 1 aliphatic carbocycles. The van der Waals surface area contributed by atoms with E-state index in [1.165, 1.54) is 0 Å². The van der Waals surface area contributed by atoms with E-state index in [2.05, 4.69) is 6.92 Å². The first-order valence-corrected chi connectivity index (χ1v) is 13.0. The second-order valence-corrected chi connectivity index (χ2v) is 12.0. The summed E-state index contributed by atoms with van der Waals surface area (Å²) in [6, 6.07) is 8.37. The van der Waals surface area contributed by atoms with Gasteiger partial charge in [-0.3, -0.25) is 4.79 Å². The molecule has 1 spiro atoms. The molecule has 1 saturated carbocycles. The van der Waals surface area contributed by atoms with Gasteiger partial charge in [-0.2, -0.15) is 0 Å². The van der Waals surface area contributed by atoms with Crippen molar-refractivity contribution in [1.29, 1.82) is 0 Å². The maximum atomic E-state index is 13.5. The van der Waals surface area contributed by atoms with Crippen LogP contribution in [-0.4, -0.2) is 49.1 Å². The third kappa shape index (κ3) is 3.17. The first kappa shape index (κ1) is 21.4. The van der Waals surface area contributed by atoms with Crippen molar-refractivity contribution in [3.05, 3.63) is 30.3 Å². The first-order chi connectivity index (χ1) is 14.7. The van der Waals surface area contributed by atoms with Gasteiger partial charge in [0.05, 0.1) is 10.6 Å². The average Bonchev–Trinajstić information content (AvgIpc) is 2.99. The van der Waals surface area contributed by atoms with E-state index in [4.69, 9.17) is 14.5 Å². The quantitative estimate of drug-likeness (QED) is 0.657. The molecule has 5 aliphatic rings. The Kier molecular flexibility index (Phi) is 5.01. The van der Waals surface area contributed by atoms with Crippen molar-refractivity contribution in [3.8, 4) is 0 Å². The number of nitrogens with zero attached hydrogens (tertiary/aromatic N) is 1. The minimum Gasteiger partial charge on any atom is -0.321 e. The number of benzene rings is 1. The molecule has 7 nitrogen and oxygen atoms in total. The van der Waals surface area contributed by atoms with Crippen molar-refractivity contribution >= 4 is 15.7 Å². The van der Waals surface area contributed by atoms with Gasteiger partial charge in [0.15, 0.2) is 21.7 Å². The second kappa shape index (κ2) is 7.27. The number of amides is 1. The Balaban J connectivity index is 1.51. The predicted molar refractivity (Wildman–Crippen MR) is 112 cm³/mol. The summed E-state index contributed by atoms with van der Waals surface area (Å²) in [6.45, 7) is 6.09. The van der Waals surface area contributed by atoms with E-state index in [0.29, 0.717) is 12.3 Å². The largest absolute Gasteiger partial charge is 0.321 e. The second-order valence-electron chi connectivity index (χ2n) is 9.88. The highest BCUT2D eigenvalue weighted by Gasteiger charge is 2.70. The van der Waals surface area contributed by atoms with E-state index >= 15 is 0 Å². The zero-order valence-electron chi connectivity index (χ0n) is 18.3. The van der Waals surface area contributed by atoms with Crippen molar-refractivity contribution in [3.63, 3.8) is 0 Å². The van der Waals surface area contributed by atoms with E-state index in [0.717, 1.165) is 19.3 Å². The topological polar surface area (TPSA) is 82.1 Å². The highest BCUT2D eigenvalue weighted by Crippen LogP contribution is 2.60. The van der Waals surface area contributed by atoms with Gasteiger partial charge in [0.25, 0.3) is 0 Å². The Morgan fingerprint density at radius 1 is 1.06 bits per heavy atom. The number of piperidine rings is 1. The third-order valence-corrected chi connectivity index (χ3v) is 9.77. The van der Waals surface area contributed by atoms with E-state index < -0.39 is 27.5 Å².